The van der Waals surface area contributed by atoms with E-state index in [4.69, 9.17) is 4.74 Å². The lowest BCUT2D eigenvalue weighted by atomic mass is 10.0. The van der Waals surface area contributed by atoms with E-state index >= 15 is 0 Å². The fourth-order valence-electron chi connectivity index (χ4n) is 2.43. The summed E-state index contributed by atoms with van der Waals surface area (Å²) < 4.78 is 5.18. The lowest BCUT2D eigenvalue weighted by Gasteiger charge is -2.30. The number of hydrogen-bond acceptors (Lipinski definition) is 3. The number of nitrogens with zero attached hydrogens (tertiary/aromatic N) is 1. The van der Waals surface area contributed by atoms with E-state index in [0.717, 1.165) is 25.2 Å². The molecule has 1 atom stereocenters. The molecule has 0 radical (unpaired) electrons. The smallest absolute Gasteiger partial charge is 0.0589 e. The van der Waals surface area contributed by atoms with Crippen LogP contribution in [0.3, 0.4) is 0 Å². The highest BCUT2D eigenvalue weighted by molar-refractivity contribution is 4.87. The van der Waals surface area contributed by atoms with Crippen LogP contribution in [0.1, 0.15) is 32.1 Å². The number of rotatable bonds is 6. The molecule has 0 aromatic rings. The van der Waals surface area contributed by atoms with Crippen molar-refractivity contribution in [2.24, 2.45) is 0 Å². The molecule has 1 saturated carbocycles. The van der Waals surface area contributed by atoms with Crippen LogP contribution in [0.25, 0.3) is 0 Å². The summed E-state index contributed by atoms with van der Waals surface area (Å²) in [6, 6.07) is 1.60. The summed E-state index contributed by atoms with van der Waals surface area (Å²) in [7, 11) is 1.80. The monoisotopic (exact) mass is 212 g/mol. The second kappa shape index (κ2) is 5.83. The van der Waals surface area contributed by atoms with Gasteiger partial charge in [-0.15, -0.1) is 0 Å². The zero-order valence-corrected chi connectivity index (χ0v) is 9.87. The Hall–Kier alpha value is -0.120. The predicted octanol–water partition coefficient (Wildman–Crippen LogP) is 1.24. The molecule has 1 heterocycles. The normalized spacial score (nSPS) is 27.2. The second-order valence-electron chi connectivity index (χ2n) is 4.87. The molecule has 1 unspecified atom stereocenters. The molecule has 2 fully saturated rings. The van der Waals surface area contributed by atoms with Crippen molar-refractivity contribution < 1.29 is 4.74 Å². The first-order chi connectivity index (χ1) is 7.40. The Bertz CT molecular complexity index is 176. The van der Waals surface area contributed by atoms with Gasteiger partial charge in [-0.3, -0.25) is 4.90 Å². The highest BCUT2D eigenvalue weighted by Gasteiger charge is 2.30. The van der Waals surface area contributed by atoms with Crippen LogP contribution < -0.4 is 5.32 Å². The van der Waals surface area contributed by atoms with Crippen LogP contribution in [0.4, 0.5) is 0 Å². The minimum atomic E-state index is 0.733. The van der Waals surface area contributed by atoms with E-state index in [2.05, 4.69) is 10.2 Å². The molecule has 15 heavy (non-hydrogen) atoms. The van der Waals surface area contributed by atoms with Crippen LogP contribution in [0.2, 0.25) is 0 Å². The van der Waals surface area contributed by atoms with Gasteiger partial charge in [0.15, 0.2) is 0 Å². The molecular formula is C12H24N2O. The van der Waals surface area contributed by atoms with Crippen LogP contribution in [0.15, 0.2) is 0 Å². The number of hydrogen-bond donors (Lipinski definition) is 1. The van der Waals surface area contributed by atoms with Crippen molar-refractivity contribution in [2.75, 3.05) is 33.4 Å². The van der Waals surface area contributed by atoms with Crippen LogP contribution in [0, 0.1) is 0 Å². The third kappa shape index (κ3) is 3.74. The van der Waals surface area contributed by atoms with Crippen molar-refractivity contribution in [3.63, 3.8) is 0 Å². The van der Waals surface area contributed by atoms with E-state index in [1.54, 1.807) is 7.11 Å². The highest BCUT2D eigenvalue weighted by atomic mass is 16.5. The van der Waals surface area contributed by atoms with E-state index in [-0.39, 0.29) is 0 Å². The standard InChI is InChI=1S/C12H24N2O/c1-15-9-8-14(12-5-6-12)10-11-4-2-3-7-13-11/h11-13H,2-10H2,1H3. The molecule has 0 bridgehead atoms. The molecule has 2 aliphatic rings. The first kappa shape index (κ1) is 11.4. The summed E-state index contributed by atoms with van der Waals surface area (Å²) in [6.07, 6.45) is 6.92. The Morgan fingerprint density at radius 2 is 2.13 bits per heavy atom. The summed E-state index contributed by atoms with van der Waals surface area (Å²) in [5.74, 6) is 0. The Labute approximate surface area is 93.2 Å². The van der Waals surface area contributed by atoms with Gasteiger partial charge in [0.2, 0.25) is 0 Å². The molecule has 88 valence electrons. The van der Waals surface area contributed by atoms with Crippen LogP contribution in [0.5, 0.6) is 0 Å². The zero-order valence-electron chi connectivity index (χ0n) is 9.87. The molecule has 1 N–H and O–H groups in total. The Morgan fingerprint density at radius 3 is 2.73 bits per heavy atom. The molecule has 0 aromatic carbocycles. The minimum absolute atomic E-state index is 0.733. The molecule has 0 spiro atoms. The van der Waals surface area contributed by atoms with Gasteiger partial charge in [-0.05, 0) is 32.2 Å². The van der Waals surface area contributed by atoms with Gasteiger partial charge in [-0.25, -0.2) is 0 Å². The van der Waals surface area contributed by atoms with E-state index in [1.165, 1.54) is 45.2 Å². The van der Waals surface area contributed by atoms with Crippen molar-refractivity contribution in [3.8, 4) is 0 Å². The number of nitrogens with one attached hydrogen (secondary N) is 1. The topological polar surface area (TPSA) is 24.5 Å². The third-order valence-electron chi connectivity index (χ3n) is 3.51. The Balaban J connectivity index is 1.72. The molecular weight excluding hydrogens is 188 g/mol. The van der Waals surface area contributed by atoms with Gasteiger partial charge in [0.25, 0.3) is 0 Å². The number of ether oxygens (including phenoxy) is 1. The van der Waals surface area contributed by atoms with Crippen molar-refractivity contribution in [3.05, 3.63) is 0 Å². The summed E-state index contributed by atoms with van der Waals surface area (Å²) in [6.45, 7) is 4.43. The maximum absolute atomic E-state index is 5.18. The molecule has 1 aliphatic carbocycles. The predicted molar refractivity (Wildman–Crippen MR) is 62.1 cm³/mol. The fourth-order valence-corrected chi connectivity index (χ4v) is 2.43. The first-order valence-electron chi connectivity index (χ1n) is 6.36. The molecule has 1 saturated heterocycles. The third-order valence-corrected chi connectivity index (χ3v) is 3.51. The lowest BCUT2D eigenvalue weighted by molar-refractivity contribution is 0.132. The SMILES string of the molecule is COCCN(CC1CCCCN1)C1CC1. The van der Waals surface area contributed by atoms with Crippen LogP contribution >= 0.6 is 0 Å². The summed E-state index contributed by atoms with van der Waals surface area (Å²) in [4.78, 5) is 2.62. The molecule has 2 rings (SSSR count). The van der Waals surface area contributed by atoms with E-state index in [1.807, 2.05) is 0 Å². The van der Waals surface area contributed by atoms with Gasteiger partial charge >= 0.3 is 0 Å². The van der Waals surface area contributed by atoms with Gasteiger partial charge < -0.3 is 10.1 Å². The maximum Gasteiger partial charge on any atom is 0.0589 e. The second-order valence-corrected chi connectivity index (χ2v) is 4.87. The lowest BCUT2D eigenvalue weighted by Crippen LogP contribution is -2.45. The molecule has 3 nitrogen and oxygen atoms in total. The van der Waals surface area contributed by atoms with Crippen molar-refractivity contribution >= 4 is 0 Å². The minimum Gasteiger partial charge on any atom is -0.383 e. The molecule has 0 aromatic heterocycles. The van der Waals surface area contributed by atoms with Gasteiger partial charge in [0.05, 0.1) is 6.61 Å². The van der Waals surface area contributed by atoms with E-state index < -0.39 is 0 Å². The Kier molecular flexibility index (Phi) is 4.42. The number of methoxy groups -OCH3 is 1. The van der Waals surface area contributed by atoms with Crippen LogP contribution in [-0.4, -0.2) is 50.3 Å². The summed E-state index contributed by atoms with van der Waals surface area (Å²) in [5, 5.41) is 3.63. The average molecular weight is 212 g/mol. The van der Waals surface area contributed by atoms with Crippen molar-refractivity contribution in [2.45, 2.75) is 44.2 Å². The zero-order chi connectivity index (χ0) is 10.5. The first-order valence-corrected chi connectivity index (χ1v) is 6.36. The Morgan fingerprint density at radius 1 is 1.27 bits per heavy atom. The molecule has 1 aliphatic heterocycles. The van der Waals surface area contributed by atoms with Gasteiger partial charge in [-0.1, -0.05) is 6.42 Å². The molecule has 3 heteroatoms. The van der Waals surface area contributed by atoms with Crippen molar-refractivity contribution in [1.82, 2.24) is 10.2 Å². The summed E-state index contributed by atoms with van der Waals surface area (Å²) in [5.41, 5.74) is 0. The van der Waals surface area contributed by atoms with Crippen molar-refractivity contribution in [1.29, 1.82) is 0 Å². The van der Waals surface area contributed by atoms with E-state index in [9.17, 15) is 0 Å². The number of piperidine rings is 1. The highest BCUT2D eigenvalue weighted by Crippen LogP contribution is 2.27. The van der Waals surface area contributed by atoms with Crippen LogP contribution in [-0.2, 0) is 4.74 Å². The maximum atomic E-state index is 5.18. The summed E-state index contributed by atoms with van der Waals surface area (Å²) >= 11 is 0. The van der Waals surface area contributed by atoms with Gasteiger partial charge in [-0.2, -0.15) is 0 Å². The fraction of sp³-hybridized carbons (Fsp3) is 1.00. The quantitative estimate of drug-likeness (QED) is 0.717. The molecule has 0 amide bonds. The average Bonchev–Trinajstić information content (AvgIpc) is 3.09. The largest absolute Gasteiger partial charge is 0.383 e. The van der Waals surface area contributed by atoms with E-state index in [0.29, 0.717) is 0 Å². The van der Waals surface area contributed by atoms with Gasteiger partial charge in [0.1, 0.15) is 0 Å². The van der Waals surface area contributed by atoms with Gasteiger partial charge in [0, 0.05) is 32.3 Å².